The molecule has 1 atom stereocenters. The average Bonchev–Trinajstić information content (AvgIpc) is 3.55. The van der Waals surface area contributed by atoms with Crippen molar-refractivity contribution >= 4 is 40.9 Å². The lowest BCUT2D eigenvalue weighted by atomic mass is 9.86. The Labute approximate surface area is 244 Å². The van der Waals surface area contributed by atoms with Gasteiger partial charge in [-0.3, -0.25) is 10.1 Å². The number of alkyl halides is 6. The van der Waals surface area contributed by atoms with Crippen LogP contribution in [0.5, 0.6) is 0 Å². The summed E-state index contributed by atoms with van der Waals surface area (Å²) < 4.78 is 100. The first-order chi connectivity index (χ1) is 19.5. The van der Waals surface area contributed by atoms with Crippen molar-refractivity contribution in [3.63, 3.8) is 0 Å². The first-order valence-electron chi connectivity index (χ1n) is 12.3. The average molecular weight is 641 g/mol. The third-order valence-corrected chi connectivity index (χ3v) is 7.65. The highest BCUT2D eigenvalue weighted by molar-refractivity contribution is 6.35. The van der Waals surface area contributed by atoms with Gasteiger partial charge in [0.25, 0.3) is 11.5 Å². The highest BCUT2D eigenvalue weighted by Gasteiger charge is 2.63. The van der Waals surface area contributed by atoms with Crippen LogP contribution >= 0.6 is 23.2 Å². The molecule has 1 unspecified atom stereocenters. The predicted octanol–water partition coefficient (Wildman–Crippen LogP) is 8.18. The molecule has 15 heteroatoms. The minimum atomic E-state index is -5.01. The van der Waals surface area contributed by atoms with Gasteiger partial charge in [0.2, 0.25) is 0 Å². The van der Waals surface area contributed by atoms with Crippen molar-refractivity contribution in [2.45, 2.75) is 50.6 Å². The first kappa shape index (κ1) is 31.6. The summed E-state index contributed by atoms with van der Waals surface area (Å²) in [6, 6.07) is 5.42. The van der Waals surface area contributed by atoms with Gasteiger partial charge in [0.1, 0.15) is 6.61 Å². The normalized spacial score (nSPS) is 19.8. The Hall–Kier alpha value is -3.32. The van der Waals surface area contributed by atoms with Crippen LogP contribution < -0.4 is 5.32 Å². The number of benzene rings is 2. The number of rotatable bonds is 7. The summed E-state index contributed by atoms with van der Waals surface area (Å²) in [7, 11) is 0. The zero-order valence-electron chi connectivity index (χ0n) is 21.6. The Morgan fingerprint density at radius 3 is 2.24 bits per heavy atom. The molecule has 1 N–H and O–H groups in total. The molecule has 2 aromatic rings. The number of alkyl carbamates (subject to hydrolysis) is 1. The number of amides is 2. The minimum absolute atomic E-state index is 0.00853. The highest BCUT2D eigenvalue weighted by Crippen LogP contribution is 2.60. The van der Waals surface area contributed by atoms with Crippen LogP contribution in [0.3, 0.4) is 0 Å². The van der Waals surface area contributed by atoms with E-state index in [1.807, 2.05) is 5.32 Å². The largest absolute Gasteiger partial charge is 0.445 e. The number of halogens is 9. The van der Waals surface area contributed by atoms with Gasteiger partial charge in [-0.25, -0.2) is 9.18 Å². The van der Waals surface area contributed by atoms with E-state index in [2.05, 4.69) is 5.16 Å². The Bertz CT molecular complexity index is 1450. The number of hydrogen-bond acceptors (Lipinski definition) is 5. The van der Waals surface area contributed by atoms with E-state index in [4.69, 9.17) is 32.8 Å². The summed E-state index contributed by atoms with van der Waals surface area (Å²) in [4.78, 5) is 29.4. The Morgan fingerprint density at radius 1 is 1.05 bits per heavy atom. The van der Waals surface area contributed by atoms with E-state index < -0.39 is 63.2 Å². The molecule has 6 nitrogen and oxygen atoms in total. The molecule has 42 heavy (non-hydrogen) atoms. The number of carbonyl (C=O) groups is 2. The smallest absolute Gasteiger partial charge is 0.435 e. The summed E-state index contributed by atoms with van der Waals surface area (Å²) in [6.45, 7) is 1.10. The van der Waals surface area contributed by atoms with Gasteiger partial charge in [-0.15, -0.1) is 0 Å². The van der Waals surface area contributed by atoms with Gasteiger partial charge < -0.3 is 9.57 Å². The molecule has 1 fully saturated rings. The fourth-order valence-corrected chi connectivity index (χ4v) is 4.88. The molecule has 1 saturated carbocycles. The molecule has 0 saturated heterocycles. The Kier molecular flexibility index (Phi) is 8.58. The third-order valence-electron chi connectivity index (χ3n) is 7.10. The topological polar surface area (TPSA) is 77.0 Å². The van der Waals surface area contributed by atoms with Crippen LogP contribution in [0.15, 0.2) is 47.6 Å². The third kappa shape index (κ3) is 6.22. The molecular weight excluding hydrogens is 620 g/mol. The maximum absolute atomic E-state index is 14.2. The molecule has 0 bridgehead atoms. The quantitative estimate of drug-likeness (QED) is 0.188. The number of nitrogens with one attached hydrogen (secondary N) is 1. The van der Waals surface area contributed by atoms with Crippen molar-refractivity contribution in [2.24, 2.45) is 10.6 Å². The van der Waals surface area contributed by atoms with E-state index >= 15 is 0 Å². The number of ether oxygens (including phenoxy) is 1. The van der Waals surface area contributed by atoms with E-state index in [-0.39, 0.29) is 48.3 Å². The summed E-state index contributed by atoms with van der Waals surface area (Å²) >= 11 is 11.4. The van der Waals surface area contributed by atoms with Crippen molar-refractivity contribution in [3.8, 4) is 0 Å². The van der Waals surface area contributed by atoms with Gasteiger partial charge in [0.15, 0.2) is 5.82 Å². The Balaban J connectivity index is 1.39. The van der Waals surface area contributed by atoms with Gasteiger partial charge in [-0.1, -0.05) is 46.6 Å². The van der Waals surface area contributed by atoms with E-state index in [1.165, 1.54) is 37.3 Å². The maximum atomic E-state index is 14.2. The molecule has 1 aliphatic heterocycles. The van der Waals surface area contributed by atoms with Gasteiger partial charge >= 0.3 is 18.4 Å². The zero-order valence-corrected chi connectivity index (χ0v) is 23.1. The zero-order chi connectivity index (χ0) is 31.1. The second-order valence-electron chi connectivity index (χ2n) is 9.92. The van der Waals surface area contributed by atoms with Crippen molar-refractivity contribution in [1.82, 2.24) is 5.32 Å². The van der Waals surface area contributed by atoms with Crippen LogP contribution in [-0.2, 0) is 15.2 Å². The molecule has 4 rings (SSSR count). The van der Waals surface area contributed by atoms with Crippen LogP contribution in [0.1, 0.15) is 52.7 Å². The second kappa shape index (κ2) is 11.4. The summed E-state index contributed by atoms with van der Waals surface area (Å²) in [5, 5.41) is 4.30. The van der Waals surface area contributed by atoms with Crippen LogP contribution in [0, 0.1) is 18.2 Å². The number of oxime groups is 1. The number of hydrogen-bond donors (Lipinski definition) is 1. The molecule has 2 aromatic carbocycles. The molecule has 2 aliphatic rings. The van der Waals surface area contributed by atoms with E-state index in [0.717, 1.165) is 12.1 Å². The first-order valence-corrected chi connectivity index (χ1v) is 13.0. The highest BCUT2D eigenvalue weighted by atomic mass is 35.5. The lowest BCUT2D eigenvalue weighted by Gasteiger charge is -2.29. The standard InChI is InChI=1S/C27H21Cl2F7N2O4/c1-14-10-15(20-13-25(42-38-20,27(34,35)36)16-11-18(28)21(30)19(29)12-16)4-5-17(14)22(39)37-23(40)41-9-3-2-6-24(7-8-24)26(31,32)33/h2-5,10-12H,6-9,13H2,1H3,(H,37,39,40). The van der Waals surface area contributed by atoms with Crippen LogP contribution in [0.2, 0.25) is 10.0 Å². The van der Waals surface area contributed by atoms with E-state index in [9.17, 15) is 40.3 Å². The maximum Gasteiger partial charge on any atom is 0.435 e. The second-order valence-corrected chi connectivity index (χ2v) is 10.7. The number of imide groups is 1. The number of allylic oxidation sites excluding steroid dienone is 1. The summed E-state index contributed by atoms with van der Waals surface area (Å²) in [6.07, 6.45) is -8.93. The molecule has 0 radical (unpaired) electrons. The van der Waals surface area contributed by atoms with Crippen molar-refractivity contribution < 1.29 is 49.9 Å². The van der Waals surface area contributed by atoms with Gasteiger partial charge in [-0.05, 0) is 61.6 Å². The molecule has 0 aromatic heterocycles. The molecule has 1 heterocycles. The minimum Gasteiger partial charge on any atom is -0.445 e. The fraction of sp³-hybridized carbons (Fsp3) is 0.370. The molecule has 0 spiro atoms. The Morgan fingerprint density at radius 2 is 1.69 bits per heavy atom. The lowest BCUT2D eigenvalue weighted by Crippen LogP contribution is -2.42. The fourth-order valence-electron chi connectivity index (χ4n) is 4.40. The number of carbonyl (C=O) groups excluding carboxylic acids is 2. The summed E-state index contributed by atoms with van der Waals surface area (Å²) in [5.41, 5.74) is -4.99. The van der Waals surface area contributed by atoms with Gasteiger partial charge in [-0.2, -0.15) is 26.3 Å². The van der Waals surface area contributed by atoms with E-state index in [0.29, 0.717) is 0 Å². The van der Waals surface area contributed by atoms with Crippen molar-refractivity contribution in [1.29, 1.82) is 0 Å². The van der Waals surface area contributed by atoms with Crippen LogP contribution in [-0.4, -0.2) is 36.7 Å². The van der Waals surface area contributed by atoms with Gasteiger partial charge in [0, 0.05) is 17.5 Å². The monoisotopic (exact) mass is 640 g/mol. The molecule has 1 aliphatic carbocycles. The van der Waals surface area contributed by atoms with Crippen molar-refractivity contribution in [2.75, 3.05) is 6.61 Å². The molecule has 2 amide bonds. The van der Waals surface area contributed by atoms with Crippen molar-refractivity contribution in [3.05, 3.63) is 80.6 Å². The van der Waals surface area contributed by atoms with Gasteiger partial charge in [0.05, 0.1) is 21.2 Å². The summed E-state index contributed by atoms with van der Waals surface area (Å²) in [5.74, 6) is -1.97. The van der Waals surface area contributed by atoms with Crippen LogP contribution in [0.25, 0.3) is 0 Å². The lowest BCUT2D eigenvalue weighted by molar-refractivity contribution is -0.275. The molecular formula is C27H21Cl2F7N2O4. The predicted molar refractivity (Wildman–Crippen MR) is 138 cm³/mol. The molecule has 226 valence electrons. The van der Waals surface area contributed by atoms with Crippen LogP contribution in [0.4, 0.5) is 35.5 Å². The van der Waals surface area contributed by atoms with E-state index in [1.54, 1.807) is 0 Å². The number of aryl methyl sites for hydroxylation is 1. The SMILES string of the molecule is Cc1cc(C2=NOC(c3cc(Cl)c(F)c(Cl)c3)(C(F)(F)F)C2)ccc1C(=O)NC(=O)OCC=CCC1(C(F)(F)F)CC1. The number of nitrogens with zero attached hydrogens (tertiary/aromatic N) is 1.